The van der Waals surface area contributed by atoms with E-state index < -0.39 is 36.2 Å². The van der Waals surface area contributed by atoms with Crippen LogP contribution in [0, 0.1) is 17.8 Å². The van der Waals surface area contributed by atoms with Crippen LogP contribution in [0.5, 0.6) is 0 Å². The molecule has 5 amide bonds. The minimum absolute atomic E-state index is 0.134. The minimum atomic E-state index is -1.01. The van der Waals surface area contributed by atoms with E-state index in [0.717, 1.165) is 17.7 Å². The Kier molecular flexibility index (Phi) is 11.3. The summed E-state index contributed by atoms with van der Waals surface area (Å²) in [6, 6.07) is 6.07. The van der Waals surface area contributed by atoms with Gasteiger partial charge in [0.25, 0.3) is 5.91 Å². The zero-order chi connectivity index (χ0) is 37.6. The minimum Gasteiger partial charge on any atom is -0.453 e. The van der Waals surface area contributed by atoms with E-state index in [2.05, 4.69) is 42.7 Å². The van der Waals surface area contributed by atoms with Gasteiger partial charge >= 0.3 is 12.2 Å². The highest BCUT2D eigenvalue weighted by Gasteiger charge is 2.39. The number of amides is 5. The number of likely N-dealkylation sites (tertiary alicyclic amines) is 2. The number of thiazole rings is 1. The lowest BCUT2D eigenvalue weighted by atomic mass is 10.0. The Morgan fingerprint density at radius 2 is 1.64 bits per heavy atom. The molecule has 16 nitrogen and oxygen atoms in total. The highest BCUT2D eigenvalue weighted by Crippen LogP contribution is 2.32. The van der Waals surface area contributed by atoms with Gasteiger partial charge in [0.2, 0.25) is 11.8 Å². The molecule has 278 valence electrons. The maximum Gasteiger partial charge on any atom is 0.407 e. The predicted molar refractivity (Wildman–Crippen MR) is 194 cm³/mol. The summed E-state index contributed by atoms with van der Waals surface area (Å²) in [6.07, 6.45) is 6.35. The highest BCUT2D eigenvalue weighted by molar-refractivity contribution is 7.17. The number of carbonyl (C=O) groups is 5. The van der Waals surface area contributed by atoms with Gasteiger partial charge in [-0.2, -0.15) is 0 Å². The summed E-state index contributed by atoms with van der Waals surface area (Å²) >= 11 is 1.34. The summed E-state index contributed by atoms with van der Waals surface area (Å²) in [6.45, 7) is 4.65. The number of H-pyrrole nitrogens is 1. The van der Waals surface area contributed by atoms with Gasteiger partial charge in [-0.15, -0.1) is 0 Å². The third-order valence-corrected chi connectivity index (χ3v) is 10.1. The molecule has 1 aromatic carbocycles. The molecule has 2 aliphatic rings. The van der Waals surface area contributed by atoms with E-state index in [1.807, 2.05) is 19.9 Å². The van der Waals surface area contributed by atoms with Crippen LogP contribution in [0.2, 0.25) is 0 Å². The van der Waals surface area contributed by atoms with Crippen LogP contribution < -0.4 is 16.0 Å². The lowest BCUT2D eigenvalue weighted by molar-refractivity contribution is -0.138. The van der Waals surface area contributed by atoms with Gasteiger partial charge in [0.1, 0.15) is 29.6 Å². The molecule has 4 unspecified atom stereocenters. The maximum atomic E-state index is 13.7. The van der Waals surface area contributed by atoms with Gasteiger partial charge in [-0.1, -0.05) is 55.5 Å². The van der Waals surface area contributed by atoms with E-state index >= 15 is 0 Å². The van der Waals surface area contributed by atoms with Crippen molar-refractivity contribution in [2.24, 2.45) is 5.92 Å². The van der Waals surface area contributed by atoms with Gasteiger partial charge in [-0.3, -0.25) is 18.8 Å². The van der Waals surface area contributed by atoms with Gasteiger partial charge in [-0.25, -0.2) is 19.6 Å². The zero-order valence-electron chi connectivity index (χ0n) is 29.8. The normalized spacial score (nSPS) is 17.9. The number of anilines is 1. The van der Waals surface area contributed by atoms with Crippen LogP contribution in [0.3, 0.4) is 0 Å². The van der Waals surface area contributed by atoms with Crippen molar-refractivity contribution in [3.63, 3.8) is 0 Å². The first-order valence-electron chi connectivity index (χ1n) is 17.3. The third-order valence-electron chi connectivity index (χ3n) is 9.23. The summed E-state index contributed by atoms with van der Waals surface area (Å²) in [5.74, 6) is 6.08. The molecule has 0 radical (unpaired) electrons. The number of benzene rings is 1. The topological polar surface area (TPSA) is 192 Å². The van der Waals surface area contributed by atoms with Crippen molar-refractivity contribution >= 4 is 52.0 Å². The fourth-order valence-electron chi connectivity index (χ4n) is 6.59. The molecule has 4 aromatic rings. The molecule has 0 aliphatic carbocycles. The van der Waals surface area contributed by atoms with Crippen LogP contribution in [-0.4, -0.2) is 98.5 Å². The Morgan fingerprint density at radius 1 is 0.925 bits per heavy atom. The molecule has 2 fully saturated rings. The van der Waals surface area contributed by atoms with Crippen molar-refractivity contribution in [2.75, 3.05) is 32.6 Å². The van der Waals surface area contributed by atoms with Crippen LogP contribution in [0.4, 0.5) is 15.4 Å². The number of rotatable bonds is 9. The average Bonchev–Trinajstić information content (AvgIpc) is 4.00. The van der Waals surface area contributed by atoms with Crippen LogP contribution in [0.1, 0.15) is 73.6 Å². The number of ether oxygens (including phenoxy) is 2. The van der Waals surface area contributed by atoms with Gasteiger partial charge in [0.05, 0.1) is 37.5 Å². The fraction of sp³-hybridized carbons (Fsp3) is 0.417. The summed E-state index contributed by atoms with van der Waals surface area (Å²) in [7, 11) is 2.49. The molecule has 17 heteroatoms. The number of imidazole rings is 2. The summed E-state index contributed by atoms with van der Waals surface area (Å²) in [5.41, 5.74) is 1.16. The standard InChI is InChI=1S/C36H41N9O7S/c1-21(2)28(41-35(49)51-3)32(47)44-16-8-12-25(44)30-37-18-23(38-30)14-15-24-19-43-20-27(40-34(43)53-24)39-31(46)26-13-9-17-45(26)33(48)29(42-36(50)52-4)22-10-6-5-7-11-22/h5-7,10-11,18-21,25-26,28-29H,8-9,12-13,16-17H2,1-4H3,(H,37,38)(H,39,46)(H,41,49)(H,42,50). The molecular formula is C36H41N9O7S. The maximum absolute atomic E-state index is 13.7. The molecule has 0 bridgehead atoms. The molecule has 2 saturated heterocycles. The Labute approximate surface area is 309 Å². The van der Waals surface area contributed by atoms with E-state index in [0.29, 0.717) is 53.8 Å². The van der Waals surface area contributed by atoms with Crippen molar-refractivity contribution in [3.8, 4) is 11.8 Å². The lowest BCUT2D eigenvalue weighted by Crippen LogP contribution is -2.51. The van der Waals surface area contributed by atoms with Gasteiger partial charge in [0.15, 0.2) is 10.8 Å². The van der Waals surface area contributed by atoms with Crippen molar-refractivity contribution < 1.29 is 33.4 Å². The Bertz CT molecular complexity index is 2020. The van der Waals surface area contributed by atoms with Crippen LogP contribution in [0.25, 0.3) is 4.96 Å². The second kappa shape index (κ2) is 16.2. The number of nitrogens with one attached hydrogen (secondary N) is 4. The van der Waals surface area contributed by atoms with E-state index in [1.165, 1.54) is 30.5 Å². The van der Waals surface area contributed by atoms with E-state index in [-0.39, 0.29) is 23.8 Å². The van der Waals surface area contributed by atoms with E-state index in [9.17, 15) is 24.0 Å². The largest absolute Gasteiger partial charge is 0.453 e. The number of methoxy groups -OCH3 is 2. The molecule has 4 atom stereocenters. The SMILES string of the molecule is COC(=O)NC(C(=O)N1CCCC1C(=O)Nc1cn2cc(C#Cc3cnc(C4CCCN4C(=O)C(NC(=O)OC)C(C)C)[nH]3)sc2n1)c1ccccc1. The van der Waals surface area contributed by atoms with Gasteiger partial charge in [-0.05, 0) is 49.0 Å². The summed E-state index contributed by atoms with van der Waals surface area (Å²) in [4.78, 5) is 81.4. The number of aromatic amines is 1. The van der Waals surface area contributed by atoms with Crippen molar-refractivity contribution in [1.82, 2.24) is 39.8 Å². The molecule has 2 aliphatic heterocycles. The van der Waals surface area contributed by atoms with Crippen molar-refractivity contribution in [2.45, 2.75) is 63.7 Å². The highest BCUT2D eigenvalue weighted by atomic mass is 32.1. The molecule has 53 heavy (non-hydrogen) atoms. The van der Waals surface area contributed by atoms with Crippen LogP contribution in [-0.2, 0) is 23.9 Å². The first-order chi connectivity index (χ1) is 25.6. The molecule has 0 spiro atoms. The lowest BCUT2D eigenvalue weighted by Gasteiger charge is -2.29. The molecule has 4 N–H and O–H groups in total. The van der Waals surface area contributed by atoms with Gasteiger partial charge in [0, 0.05) is 19.3 Å². The van der Waals surface area contributed by atoms with Crippen LogP contribution in [0.15, 0.2) is 48.9 Å². The van der Waals surface area contributed by atoms with Crippen molar-refractivity contribution in [3.05, 3.63) is 70.9 Å². The molecule has 0 saturated carbocycles. The number of fused-ring (bicyclic) bond motifs is 1. The Balaban J connectivity index is 1.09. The smallest absolute Gasteiger partial charge is 0.407 e. The number of nitrogens with zero attached hydrogens (tertiary/aromatic N) is 5. The monoisotopic (exact) mass is 743 g/mol. The first kappa shape index (κ1) is 36.9. The molecule has 5 heterocycles. The molecule has 3 aromatic heterocycles. The quantitative estimate of drug-likeness (QED) is 0.186. The zero-order valence-corrected chi connectivity index (χ0v) is 30.6. The number of hydrogen-bond donors (Lipinski definition) is 4. The summed E-state index contributed by atoms with van der Waals surface area (Å²) in [5, 5.41) is 8.09. The first-order valence-corrected chi connectivity index (χ1v) is 18.1. The second-order valence-corrected chi connectivity index (χ2v) is 14.1. The Morgan fingerprint density at radius 3 is 2.36 bits per heavy atom. The summed E-state index contributed by atoms with van der Waals surface area (Å²) < 4.78 is 11.2. The van der Waals surface area contributed by atoms with E-state index in [1.54, 1.807) is 52.2 Å². The van der Waals surface area contributed by atoms with E-state index in [4.69, 9.17) is 9.47 Å². The average molecular weight is 744 g/mol. The Hall–Kier alpha value is -5.89. The van der Waals surface area contributed by atoms with Crippen molar-refractivity contribution in [1.29, 1.82) is 0 Å². The van der Waals surface area contributed by atoms with Crippen LogP contribution >= 0.6 is 11.3 Å². The second-order valence-electron chi connectivity index (χ2n) is 13.0. The predicted octanol–water partition coefficient (Wildman–Crippen LogP) is 3.59. The number of alkyl carbamates (subject to hydrolysis) is 2. The molecule has 6 rings (SSSR count). The third kappa shape index (κ3) is 8.28. The fourth-order valence-corrected chi connectivity index (χ4v) is 7.41. The number of aromatic nitrogens is 4. The molecular weight excluding hydrogens is 703 g/mol. The number of carbonyl (C=O) groups excluding carboxylic acids is 5. The van der Waals surface area contributed by atoms with Gasteiger partial charge < -0.3 is 40.2 Å². The number of hydrogen-bond acceptors (Lipinski definition) is 10.